The van der Waals surface area contributed by atoms with Gasteiger partial charge in [0.2, 0.25) is 6.54 Å². The van der Waals surface area contributed by atoms with Crippen LogP contribution in [-0.4, -0.2) is 30.5 Å². The summed E-state index contributed by atoms with van der Waals surface area (Å²) in [5.74, 6) is -0.265. The molecule has 1 saturated heterocycles. The summed E-state index contributed by atoms with van der Waals surface area (Å²) >= 11 is 0. The van der Waals surface area contributed by atoms with Gasteiger partial charge in [-0.25, -0.2) is 0 Å². The molecule has 0 bridgehead atoms. The van der Waals surface area contributed by atoms with Crippen molar-refractivity contribution in [2.75, 3.05) is 19.8 Å². The molecule has 2 fully saturated rings. The standard InChI is InChI=1S/C9H15NO4/c1-7-8(6-10(11)12)2-3-9(7)13-4-5-14-9/h7-8H,2-6H2,1H3/t7-,8-/m1/s1. The smallest absolute Gasteiger partial charge is 0.207 e. The third-order valence-electron chi connectivity index (χ3n) is 3.42. The fraction of sp³-hybridized carbons (Fsp3) is 1.00. The molecule has 1 aliphatic carbocycles. The Kier molecular flexibility index (Phi) is 2.45. The monoisotopic (exact) mass is 201 g/mol. The van der Waals surface area contributed by atoms with Crippen molar-refractivity contribution in [1.29, 1.82) is 0 Å². The van der Waals surface area contributed by atoms with Crippen molar-refractivity contribution in [3.8, 4) is 0 Å². The summed E-state index contributed by atoms with van der Waals surface area (Å²) in [5, 5.41) is 10.4. The van der Waals surface area contributed by atoms with Crippen LogP contribution in [0.15, 0.2) is 0 Å². The average Bonchev–Trinajstić information content (AvgIpc) is 2.69. The Hall–Kier alpha value is -0.680. The number of hydrogen-bond donors (Lipinski definition) is 0. The third-order valence-corrected chi connectivity index (χ3v) is 3.42. The minimum atomic E-state index is -0.499. The first kappa shape index (κ1) is 9.86. The molecular weight excluding hydrogens is 186 g/mol. The summed E-state index contributed by atoms with van der Waals surface area (Å²) in [7, 11) is 0. The fourth-order valence-corrected chi connectivity index (χ4v) is 2.54. The van der Waals surface area contributed by atoms with Gasteiger partial charge in [-0.3, -0.25) is 10.1 Å². The molecule has 0 radical (unpaired) electrons. The zero-order chi connectivity index (χ0) is 10.2. The Morgan fingerprint density at radius 1 is 1.50 bits per heavy atom. The minimum absolute atomic E-state index is 0.0373. The second-order valence-electron chi connectivity index (χ2n) is 4.11. The average molecular weight is 201 g/mol. The van der Waals surface area contributed by atoms with E-state index in [0.717, 1.165) is 12.8 Å². The van der Waals surface area contributed by atoms with Gasteiger partial charge in [-0.2, -0.15) is 0 Å². The van der Waals surface area contributed by atoms with E-state index in [9.17, 15) is 10.1 Å². The number of nitro groups is 1. The van der Waals surface area contributed by atoms with Gasteiger partial charge in [0.15, 0.2) is 5.79 Å². The molecule has 0 amide bonds. The number of hydrogen-bond acceptors (Lipinski definition) is 4. The van der Waals surface area contributed by atoms with Crippen LogP contribution < -0.4 is 0 Å². The van der Waals surface area contributed by atoms with E-state index in [1.54, 1.807) is 0 Å². The van der Waals surface area contributed by atoms with E-state index in [0.29, 0.717) is 13.2 Å². The molecule has 2 aliphatic rings. The summed E-state index contributed by atoms with van der Waals surface area (Å²) in [4.78, 5) is 10.2. The lowest BCUT2D eigenvalue weighted by Gasteiger charge is -2.28. The predicted octanol–water partition coefficient (Wildman–Crippen LogP) is 1.05. The number of rotatable bonds is 2. The third kappa shape index (κ3) is 1.50. The Bertz CT molecular complexity index is 237. The van der Waals surface area contributed by atoms with E-state index in [1.807, 2.05) is 6.92 Å². The van der Waals surface area contributed by atoms with Gasteiger partial charge in [0, 0.05) is 23.2 Å². The zero-order valence-electron chi connectivity index (χ0n) is 8.27. The minimum Gasteiger partial charge on any atom is -0.347 e. The lowest BCUT2D eigenvalue weighted by atomic mass is 9.95. The molecule has 1 aliphatic heterocycles. The van der Waals surface area contributed by atoms with Gasteiger partial charge in [-0.1, -0.05) is 6.92 Å². The first-order valence-corrected chi connectivity index (χ1v) is 5.04. The molecule has 0 aromatic carbocycles. The van der Waals surface area contributed by atoms with Crippen molar-refractivity contribution >= 4 is 0 Å². The largest absolute Gasteiger partial charge is 0.347 e. The summed E-state index contributed by atoms with van der Waals surface area (Å²) in [5.41, 5.74) is 0. The van der Waals surface area contributed by atoms with Gasteiger partial charge in [0.1, 0.15) is 0 Å². The molecule has 5 nitrogen and oxygen atoms in total. The molecule has 0 N–H and O–H groups in total. The molecule has 0 aromatic heterocycles. The van der Waals surface area contributed by atoms with E-state index in [1.165, 1.54) is 0 Å². The molecule has 1 spiro atoms. The van der Waals surface area contributed by atoms with Crippen molar-refractivity contribution in [3.63, 3.8) is 0 Å². The lowest BCUT2D eigenvalue weighted by molar-refractivity contribution is -0.490. The predicted molar refractivity (Wildman–Crippen MR) is 48.4 cm³/mol. The van der Waals surface area contributed by atoms with Crippen LogP contribution in [-0.2, 0) is 9.47 Å². The normalized spacial score (nSPS) is 35.2. The van der Waals surface area contributed by atoms with E-state index in [2.05, 4.69) is 0 Å². The van der Waals surface area contributed by atoms with Crippen LogP contribution in [0.25, 0.3) is 0 Å². The van der Waals surface area contributed by atoms with E-state index in [4.69, 9.17) is 9.47 Å². The van der Waals surface area contributed by atoms with Gasteiger partial charge in [-0.15, -0.1) is 0 Å². The van der Waals surface area contributed by atoms with Gasteiger partial charge < -0.3 is 9.47 Å². The highest BCUT2D eigenvalue weighted by Crippen LogP contribution is 2.45. The zero-order valence-corrected chi connectivity index (χ0v) is 8.27. The number of ether oxygens (including phenoxy) is 2. The van der Waals surface area contributed by atoms with Crippen LogP contribution in [0.2, 0.25) is 0 Å². The maximum atomic E-state index is 10.4. The van der Waals surface area contributed by atoms with Gasteiger partial charge in [-0.05, 0) is 6.42 Å². The topological polar surface area (TPSA) is 61.6 Å². The summed E-state index contributed by atoms with van der Waals surface area (Å²) < 4.78 is 11.2. The maximum Gasteiger partial charge on any atom is 0.207 e. The second-order valence-corrected chi connectivity index (χ2v) is 4.11. The van der Waals surface area contributed by atoms with E-state index >= 15 is 0 Å². The Balaban J connectivity index is 2.02. The quantitative estimate of drug-likeness (QED) is 0.495. The molecule has 1 heterocycles. The molecule has 2 atom stereocenters. The Morgan fingerprint density at radius 2 is 2.14 bits per heavy atom. The molecule has 1 saturated carbocycles. The van der Waals surface area contributed by atoms with Crippen molar-refractivity contribution in [2.45, 2.75) is 25.6 Å². The first-order chi connectivity index (χ1) is 6.64. The first-order valence-electron chi connectivity index (χ1n) is 5.04. The summed E-state index contributed by atoms with van der Waals surface area (Å²) in [6.45, 7) is 3.27. The summed E-state index contributed by atoms with van der Waals surface area (Å²) in [6, 6.07) is 0. The Morgan fingerprint density at radius 3 is 2.71 bits per heavy atom. The van der Waals surface area contributed by atoms with Gasteiger partial charge in [0.05, 0.1) is 13.2 Å². The second kappa shape index (κ2) is 3.47. The molecule has 0 aromatic rings. The van der Waals surface area contributed by atoms with Crippen molar-refractivity contribution in [1.82, 2.24) is 0 Å². The maximum absolute atomic E-state index is 10.4. The molecule has 80 valence electrons. The van der Waals surface area contributed by atoms with Crippen LogP contribution in [0, 0.1) is 22.0 Å². The Labute approximate surface area is 82.5 Å². The van der Waals surface area contributed by atoms with Crippen molar-refractivity contribution < 1.29 is 14.4 Å². The molecule has 5 heteroatoms. The van der Waals surface area contributed by atoms with Gasteiger partial charge in [0.25, 0.3) is 0 Å². The molecule has 0 unspecified atom stereocenters. The van der Waals surface area contributed by atoms with Crippen LogP contribution in [0.4, 0.5) is 0 Å². The van der Waals surface area contributed by atoms with Crippen molar-refractivity contribution in [3.05, 3.63) is 10.1 Å². The molecule has 14 heavy (non-hydrogen) atoms. The fourth-order valence-electron chi connectivity index (χ4n) is 2.54. The highest BCUT2D eigenvalue weighted by molar-refractivity contribution is 4.91. The van der Waals surface area contributed by atoms with Crippen molar-refractivity contribution in [2.24, 2.45) is 11.8 Å². The molecular formula is C9H15NO4. The molecule has 2 rings (SSSR count). The van der Waals surface area contributed by atoms with Crippen LogP contribution in [0.1, 0.15) is 19.8 Å². The SMILES string of the molecule is C[C@@H]1[C@@H](C[N+](=O)[O-])CCC12OCCO2. The van der Waals surface area contributed by atoms with E-state index in [-0.39, 0.29) is 23.3 Å². The lowest BCUT2D eigenvalue weighted by Crippen LogP contribution is -2.36. The number of nitrogens with zero attached hydrogens (tertiary/aromatic N) is 1. The highest BCUT2D eigenvalue weighted by atomic mass is 16.7. The van der Waals surface area contributed by atoms with Crippen LogP contribution in [0.3, 0.4) is 0 Å². The highest BCUT2D eigenvalue weighted by Gasteiger charge is 2.51. The summed E-state index contributed by atoms with van der Waals surface area (Å²) in [6.07, 6.45) is 1.63. The van der Waals surface area contributed by atoms with Gasteiger partial charge >= 0.3 is 0 Å². The van der Waals surface area contributed by atoms with Crippen LogP contribution >= 0.6 is 0 Å². The van der Waals surface area contributed by atoms with Crippen LogP contribution in [0.5, 0.6) is 0 Å². The van der Waals surface area contributed by atoms with E-state index < -0.39 is 5.79 Å².